The Hall–Kier alpha value is -15.4. The van der Waals surface area contributed by atoms with Crippen LogP contribution in [-0.4, -0.2) is 15.8 Å². The second-order valence-electron chi connectivity index (χ2n) is 34.6. The van der Waals surface area contributed by atoms with Crippen LogP contribution < -0.4 is 26.2 Å². The third-order valence-electron chi connectivity index (χ3n) is 25.5. The molecule has 2 aliphatic heterocycles. The molecule has 0 fully saturated rings. The molecule has 8 heteroatoms. The number of para-hydroxylation sites is 7. The molecule has 0 aliphatic carbocycles. The fourth-order valence-electron chi connectivity index (χ4n) is 19.7. The van der Waals surface area contributed by atoms with Crippen LogP contribution in [0.1, 0.15) is 74.6 Å². The number of rotatable bonds is 10. The average molecular weight is 1610 g/mol. The predicted molar refractivity (Wildman–Crippen MR) is 521 cm³/mol. The second kappa shape index (κ2) is 27.1. The highest BCUT2D eigenvalue weighted by molar-refractivity contribution is 7.00. The van der Waals surface area contributed by atoms with Crippen molar-refractivity contribution in [1.82, 2.24) is 9.13 Å². The molecule has 23 aromatic rings. The summed E-state index contributed by atoms with van der Waals surface area (Å²) >= 11 is 0. The van der Waals surface area contributed by atoms with E-state index in [-0.39, 0.29) is 55.0 Å². The average Bonchev–Trinajstić information content (AvgIpc) is 1.31. The predicted octanol–water partition coefficient (Wildman–Crippen LogP) is 30.3. The van der Waals surface area contributed by atoms with E-state index in [1.807, 2.05) is 164 Å². The van der Waals surface area contributed by atoms with Gasteiger partial charge in [-0.05, 0) is 211 Å². The molecule has 0 radical (unpaired) electrons. The monoisotopic (exact) mass is 1600 g/mol. The van der Waals surface area contributed by atoms with Gasteiger partial charge in [-0.3, -0.25) is 0 Å². The summed E-state index contributed by atoms with van der Waals surface area (Å²) in [4.78, 5) is 4.69. The van der Waals surface area contributed by atoms with Gasteiger partial charge in [-0.2, -0.15) is 0 Å². The molecule has 0 unspecified atom stereocenters. The lowest BCUT2D eigenvalue weighted by atomic mass is 9.33. The van der Waals surface area contributed by atoms with Crippen molar-refractivity contribution in [3.63, 3.8) is 0 Å². The van der Waals surface area contributed by atoms with E-state index in [0.717, 1.165) is 116 Å². The Kier molecular flexibility index (Phi) is 12.4. The Balaban J connectivity index is 0.922. The number of anilines is 6. The molecule has 0 amide bonds. The minimum absolute atomic E-state index is 0.0830. The van der Waals surface area contributed by atoms with Gasteiger partial charge in [-0.25, -0.2) is 0 Å². The van der Waals surface area contributed by atoms with Crippen molar-refractivity contribution in [1.29, 1.82) is 0 Å². The summed E-state index contributed by atoms with van der Waals surface area (Å²) in [5.41, 5.74) is 20.6. The van der Waals surface area contributed by atoms with Gasteiger partial charge in [0.2, 0.25) is 0 Å². The molecule has 0 atom stereocenters. The third kappa shape index (κ3) is 10.9. The van der Waals surface area contributed by atoms with E-state index in [4.69, 9.17) is 13.3 Å². The number of aromatic nitrogens is 2. The van der Waals surface area contributed by atoms with Crippen LogP contribution in [-0.2, 0) is 10.8 Å². The van der Waals surface area contributed by atoms with Crippen LogP contribution in [0.2, 0.25) is 0 Å². The fourth-order valence-corrected chi connectivity index (χ4v) is 19.7. The van der Waals surface area contributed by atoms with Crippen molar-refractivity contribution in [2.45, 2.75) is 52.4 Å². The van der Waals surface area contributed by atoms with E-state index >= 15 is 0 Å². The largest absolute Gasteiger partial charge is 0.456 e. The highest BCUT2D eigenvalue weighted by atomic mass is 16.3. The summed E-state index contributed by atoms with van der Waals surface area (Å²) in [6.45, 7) is 12.3. The highest BCUT2D eigenvalue weighted by Crippen LogP contribution is 2.58. The number of furan rings is 3. The van der Waals surface area contributed by atoms with Gasteiger partial charge in [0, 0.05) is 116 Å². The lowest BCUT2D eigenvalue weighted by Crippen LogP contribution is -2.61. The second-order valence-corrected chi connectivity index (χ2v) is 34.6. The zero-order valence-electron chi connectivity index (χ0n) is 84.2. The topological polar surface area (TPSA) is 55.8 Å². The molecule has 25 rings (SSSR count). The van der Waals surface area contributed by atoms with Crippen LogP contribution >= 0.6 is 0 Å². The number of benzene rings is 18. The van der Waals surface area contributed by atoms with Crippen LogP contribution in [0.25, 0.3) is 188 Å². The zero-order chi connectivity index (χ0) is 96.5. The van der Waals surface area contributed by atoms with Crippen molar-refractivity contribution in [2.75, 3.05) is 9.80 Å². The molecule has 0 saturated carbocycles. The number of hydrogen-bond acceptors (Lipinski definition) is 5. The summed E-state index contributed by atoms with van der Waals surface area (Å²) in [5.74, 6) is 0. The number of nitrogens with zero attached hydrogens (tertiary/aromatic N) is 4. The van der Waals surface area contributed by atoms with E-state index in [1.165, 1.54) is 0 Å². The molecule has 586 valence electrons. The molecule has 5 aromatic heterocycles. The van der Waals surface area contributed by atoms with Crippen LogP contribution in [0.3, 0.4) is 0 Å². The van der Waals surface area contributed by atoms with E-state index in [1.54, 1.807) is 9.13 Å². The Labute approximate surface area is 740 Å². The zero-order valence-corrected chi connectivity index (χ0v) is 68.2. The summed E-state index contributed by atoms with van der Waals surface area (Å²) in [7, 11) is 0. The Morgan fingerprint density at radius 1 is 0.266 bits per heavy atom. The van der Waals surface area contributed by atoms with E-state index in [2.05, 4.69) is 173 Å². The molecule has 0 saturated heterocycles. The third-order valence-corrected chi connectivity index (χ3v) is 25.5. The normalized spacial score (nSPS) is 14.7. The number of fused-ring (bicyclic) bond motifs is 19. The molecule has 0 bridgehead atoms. The number of hydrogen-bond donors (Lipinski definition) is 0. The lowest BCUT2D eigenvalue weighted by molar-refractivity contribution is 0.590. The van der Waals surface area contributed by atoms with E-state index in [0.29, 0.717) is 78.5 Å². The van der Waals surface area contributed by atoms with Gasteiger partial charge in [0.15, 0.2) is 0 Å². The van der Waals surface area contributed by atoms with Crippen molar-refractivity contribution in [2.24, 2.45) is 0 Å². The SMILES string of the molecule is [2H]c1c([2H])c([2H])c2c(c1[2H])c1c([2H])c([2H])c([2H])c([2H])c1n2-c1ccc2c(c1)N(c1c(-c3ccccc3)cc(C(C)(C)C)cc1-c1ccccc1)c1cc(-c3cc(-c4ccc5oc6ccccc6c5c4)c4oc5ccccc5c4c3)cc3c1B2c1ccc(-n2c4c([2H])c([2H])c([2H])c([2H])c4c4c([2H])c([2H])c([2H])c([2H])c42)cc1N3c1c(-c2ccccc2)cc(C(C)(C)C)cc1-c1cccc2oc3ccccc3c12. The first-order chi connectivity index (χ1) is 67.4. The summed E-state index contributed by atoms with van der Waals surface area (Å²) in [6, 6.07) is 88.6. The smallest absolute Gasteiger partial charge is 0.252 e. The van der Waals surface area contributed by atoms with Gasteiger partial charge in [-0.1, -0.05) is 290 Å². The first-order valence-corrected chi connectivity index (χ1v) is 41.8. The minimum Gasteiger partial charge on any atom is -0.456 e. The minimum atomic E-state index is -0.907. The first-order valence-electron chi connectivity index (χ1n) is 49.8. The molecular formula is C116H81BN4O3. The molecule has 124 heavy (non-hydrogen) atoms. The first kappa shape index (κ1) is 57.0. The molecule has 7 nitrogen and oxygen atoms in total. The molecule has 7 heterocycles. The Morgan fingerprint density at radius 3 is 1.16 bits per heavy atom. The molecule has 0 N–H and O–H groups in total. The maximum absolute atomic E-state index is 10.2. The maximum Gasteiger partial charge on any atom is 0.252 e. The van der Waals surface area contributed by atoms with Crippen LogP contribution in [0.5, 0.6) is 0 Å². The van der Waals surface area contributed by atoms with Crippen molar-refractivity contribution in [3.05, 3.63) is 393 Å². The quantitative estimate of drug-likeness (QED) is 0.128. The Morgan fingerprint density at radius 2 is 0.661 bits per heavy atom. The van der Waals surface area contributed by atoms with Gasteiger partial charge in [-0.15, -0.1) is 0 Å². The van der Waals surface area contributed by atoms with Crippen LogP contribution in [0, 0.1) is 0 Å². The van der Waals surface area contributed by atoms with Crippen LogP contribution in [0.15, 0.2) is 395 Å². The van der Waals surface area contributed by atoms with Crippen molar-refractivity contribution in [3.8, 4) is 78.1 Å². The van der Waals surface area contributed by atoms with Gasteiger partial charge >= 0.3 is 0 Å². The maximum atomic E-state index is 10.2. The van der Waals surface area contributed by atoms with E-state index in [9.17, 15) is 21.9 Å². The fraction of sp³-hybridized carbons (Fsp3) is 0.0690. The molecule has 18 aromatic carbocycles. The standard InChI is InChI=1S/C116H81BN4O3/c1-115(2,3)76-64-88(70-31-10-7-11-32-70)112(89(65-76)71-33-12-8-13-34-71)120-101-68-78(118-97-45-23-16-37-80(97)81-38-17-24-46-98(81)118)54-56-95(101)117-96-57-55-79(119-99-47-25-18-39-82(99)83-40-19-26-48-100(83)119)69-102(96)121(113-90(72-35-14-9-15-36-72)66-77(116(4,5)6)67-93(113)86-44-30-52-109-110(86)87-43-22-29-51-107(87)123-109)104-63-75(62-103(120)111(104)117)74-60-91(114-94(61-74)85-42-21-28-50-106(85)124-114)73-53-58-108-92(59-73)84-41-20-27-49-105(84)122-108/h7-69H,1-6H3/i16D,17D,18D,19D,23D,24D,25D,26D,37D,38D,39D,40D,45D,46D,47D,48D. The lowest BCUT2D eigenvalue weighted by Gasteiger charge is -2.46. The van der Waals surface area contributed by atoms with E-state index < -0.39 is 114 Å². The molecule has 0 spiro atoms. The summed E-state index contributed by atoms with van der Waals surface area (Å²) in [5, 5.41) is 4.76. The van der Waals surface area contributed by atoms with Gasteiger partial charge in [0.05, 0.1) is 55.4 Å². The summed E-state index contributed by atoms with van der Waals surface area (Å²) in [6.07, 6.45) is 0. The van der Waals surface area contributed by atoms with Crippen LogP contribution in [0.4, 0.5) is 34.1 Å². The summed E-state index contributed by atoms with van der Waals surface area (Å²) < 4.78 is 179. The Bertz CT molecular complexity index is 9250. The van der Waals surface area contributed by atoms with Gasteiger partial charge < -0.3 is 32.2 Å². The van der Waals surface area contributed by atoms with Crippen molar-refractivity contribution >= 4 is 167 Å². The highest BCUT2D eigenvalue weighted by Gasteiger charge is 2.47. The van der Waals surface area contributed by atoms with Gasteiger partial charge in [0.25, 0.3) is 6.71 Å². The van der Waals surface area contributed by atoms with Gasteiger partial charge in [0.1, 0.15) is 33.5 Å². The molecular weight excluding hydrogens is 1510 g/mol. The van der Waals surface area contributed by atoms with Crippen molar-refractivity contribution < 1.29 is 35.2 Å². The molecule has 2 aliphatic rings.